The Kier molecular flexibility index (Phi) is 14.3. The van der Waals surface area contributed by atoms with Gasteiger partial charge in [-0.2, -0.15) is 0 Å². The van der Waals surface area contributed by atoms with E-state index in [1.54, 1.807) is 7.11 Å². The molecule has 2 saturated heterocycles. The van der Waals surface area contributed by atoms with Crippen LogP contribution in [0.1, 0.15) is 45.2 Å². The molecule has 8 nitrogen and oxygen atoms in total. The van der Waals surface area contributed by atoms with Gasteiger partial charge in [0.2, 0.25) is 0 Å². The van der Waals surface area contributed by atoms with Crippen LogP contribution >= 0.6 is 0 Å². The smallest absolute Gasteiger partial charge is 0.184 e. The van der Waals surface area contributed by atoms with Crippen LogP contribution in [0.5, 0.6) is 5.75 Å². The molecule has 0 radical (unpaired) electrons. The number of rotatable bonds is 18. The maximum Gasteiger partial charge on any atom is 0.184 e. The highest BCUT2D eigenvalue weighted by molar-refractivity contribution is 5.47. The molecule has 2 aliphatic heterocycles. The van der Waals surface area contributed by atoms with E-state index in [0.29, 0.717) is 19.8 Å². The third-order valence-corrected chi connectivity index (χ3v) is 12.0. The van der Waals surface area contributed by atoms with Crippen molar-refractivity contribution < 1.29 is 37.9 Å². The first-order valence-corrected chi connectivity index (χ1v) is 22.0. The van der Waals surface area contributed by atoms with Crippen molar-refractivity contribution in [1.29, 1.82) is 0 Å². The topological polar surface area (TPSA) is 73.8 Å². The summed E-state index contributed by atoms with van der Waals surface area (Å²) in [6.07, 6.45) is -4.51. The van der Waals surface area contributed by atoms with Gasteiger partial charge in [0, 0.05) is 5.56 Å². The molecule has 64 heavy (non-hydrogen) atoms. The second-order valence-corrected chi connectivity index (χ2v) is 16.1. The summed E-state index contributed by atoms with van der Waals surface area (Å²) in [4.78, 5) is 0. The first kappa shape index (κ1) is 43.3. The van der Waals surface area contributed by atoms with Crippen LogP contribution in [0.3, 0.4) is 0 Å². The number of ether oxygens (including phenoxy) is 8. The van der Waals surface area contributed by atoms with E-state index in [1.165, 1.54) is 0 Å². The van der Waals surface area contributed by atoms with E-state index in [4.69, 9.17) is 37.9 Å². The van der Waals surface area contributed by atoms with Crippen molar-refractivity contribution in [3.63, 3.8) is 0 Å². The molecule has 2 heterocycles. The summed E-state index contributed by atoms with van der Waals surface area (Å²) in [5.41, 5.74) is 5.89. The maximum atomic E-state index is 7.48. The third-order valence-electron chi connectivity index (χ3n) is 12.0. The van der Waals surface area contributed by atoms with Gasteiger partial charge in [-0.3, -0.25) is 0 Å². The number of benzene rings is 7. The summed E-state index contributed by atoms with van der Waals surface area (Å²) in [6.45, 7) is 1.44. The molecule has 7 aromatic carbocycles. The normalized spacial score (nSPS) is 22.0. The predicted octanol–water partition coefficient (Wildman–Crippen LogP) is 10.6. The molecule has 0 aromatic heterocycles. The van der Waals surface area contributed by atoms with Gasteiger partial charge in [0.15, 0.2) is 6.29 Å². The molecule has 0 aliphatic carbocycles. The predicted molar refractivity (Wildman–Crippen MR) is 245 cm³/mol. The molecule has 8 heteroatoms. The second-order valence-electron chi connectivity index (χ2n) is 16.1. The Bertz CT molecular complexity index is 2330. The molecule has 2 fully saturated rings. The van der Waals surface area contributed by atoms with Gasteiger partial charge in [-0.25, -0.2) is 0 Å². The fourth-order valence-corrected chi connectivity index (χ4v) is 8.76. The van der Waals surface area contributed by atoms with Crippen LogP contribution < -0.4 is 4.74 Å². The Hall–Kier alpha value is -5.94. The number of fused-ring (bicyclic) bond motifs is 1. The first-order valence-electron chi connectivity index (χ1n) is 22.0. The van der Waals surface area contributed by atoms with E-state index in [9.17, 15) is 0 Å². The highest BCUT2D eigenvalue weighted by Gasteiger charge is 2.55. The van der Waals surface area contributed by atoms with E-state index in [-0.39, 0.29) is 13.2 Å². The SMILES string of the molecule is COc1ccc([C@@H]2O[C@@H]3[C@@H](OCc4ccccc4)[C@@H](OCc4ccccc4)[C@@H](COCc4ccccc4)O[C@H]3[C@H](COC(c3ccccc3)(c3ccccc3)c3ccccc3)O2)cc1. The first-order chi connectivity index (χ1) is 31.7. The molecule has 0 bridgehead atoms. The summed E-state index contributed by atoms with van der Waals surface area (Å²) in [6, 6.07) is 69.3. The van der Waals surface area contributed by atoms with Crippen LogP contribution in [0.15, 0.2) is 206 Å². The lowest BCUT2D eigenvalue weighted by Crippen LogP contribution is -2.67. The minimum absolute atomic E-state index is 0.133. The number of hydrogen-bond donors (Lipinski definition) is 0. The number of hydrogen-bond acceptors (Lipinski definition) is 8. The molecule has 326 valence electrons. The van der Waals surface area contributed by atoms with Gasteiger partial charge in [0.1, 0.15) is 48.0 Å². The fourth-order valence-electron chi connectivity index (χ4n) is 8.76. The molecule has 2 aliphatic rings. The number of methoxy groups -OCH3 is 1. The van der Waals surface area contributed by atoms with Gasteiger partial charge < -0.3 is 37.9 Å². The van der Waals surface area contributed by atoms with Gasteiger partial charge in [-0.1, -0.05) is 194 Å². The van der Waals surface area contributed by atoms with E-state index >= 15 is 0 Å². The second kappa shape index (κ2) is 21.2. The van der Waals surface area contributed by atoms with Crippen LogP contribution in [0.2, 0.25) is 0 Å². The summed E-state index contributed by atoms with van der Waals surface area (Å²) in [5.74, 6) is 0.730. The lowest BCUT2D eigenvalue weighted by Gasteiger charge is -2.52. The Labute approximate surface area is 376 Å². The van der Waals surface area contributed by atoms with Crippen molar-refractivity contribution >= 4 is 0 Å². The van der Waals surface area contributed by atoms with Crippen molar-refractivity contribution in [2.24, 2.45) is 0 Å². The molecule has 9 rings (SSSR count). The van der Waals surface area contributed by atoms with Crippen molar-refractivity contribution in [2.75, 3.05) is 20.3 Å². The van der Waals surface area contributed by atoms with E-state index in [0.717, 1.165) is 44.7 Å². The minimum atomic E-state index is -1.01. The molecular weight excluding hydrogens is 801 g/mol. The molecular formula is C56H54O8. The Morgan fingerprint density at radius 3 is 1.36 bits per heavy atom. The quantitative estimate of drug-likeness (QED) is 0.0791. The van der Waals surface area contributed by atoms with Crippen LogP contribution in [0.25, 0.3) is 0 Å². The van der Waals surface area contributed by atoms with Crippen molar-refractivity contribution in [2.45, 2.75) is 68.3 Å². The average molecular weight is 855 g/mol. The summed E-state index contributed by atoms with van der Waals surface area (Å²) >= 11 is 0. The van der Waals surface area contributed by atoms with Crippen LogP contribution in [-0.4, -0.2) is 56.9 Å². The van der Waals surface area contributed by atoms with Gasteiger partial charge in [-0.15, -0.1) is 0 Å². The zero-order chi connectivity index (χ0) is 43.4. The molecule has 7 atom stereocenters. The van der Waals surface area contributed by atoms with E-state index in [2.05, 4.69) is 109 Å². The zero-order valence-electron chi connectivity index (χ0n) is 36.0. The average Bonchev–Trinajstić information content (AvgIpc) is 3.37. The lowest BCUT2D eigenvalue weighted by molar-refractivity contribution is -0.368. The van der Waals surface area contributed by atoms with Crippen molar-refractivity contribution in [3.05, 3.63) is 245 Å². The molecule has 0 amide bonds. The molecule has 0 saturated carbocycles. The highest BCUT2D eigenvalue weighted by atomic mass is 16.7. The van der Waals surface area contributed by atoms with Crippen LogP contribution in [0.4, 0.5) is 0 Å². The molecule has 0 spiro atoms. The standard InChI is InChI=1S/C56H54O8/c1-57-48-34-32-44(33-35-48)55-63-50(40-61-56(45-26-14-5-15-27-45,46-28-16-6-17-29-46)47-30-18-7-19-31-47)52-54(64-55)53(60-38-43-24-12-4-13-25-43)51(59-37-42-22-10-3-11-23-42)49(62-52)39-58-36-41-20-8-2-9-21-41/h2-35,49-55H,36-40H2,1H3/t49-,50+,51+,52+,53+,54+,55+/m1/s1. The third kappa shape index (κ3) is 10.0. The fraction of sp³-hybridized carbons (Fsp3) is 0.250. The Morgan fingerprint density at radius 1 is 0.422 bits per heavy atom. The Balaban J connectivity index is 1.12. The van der Waals surface area contributed by atoms with Gasteiger partial charge in [-0.05, 0) is 45.5 Å². The molecule has 0 unspecified atom stereocenters. The van der Waals surface area contributed by atoms with Crippen molar-refractivity contribution in [1.82, 2.24) is 0 Å². The van der Waals surface area contributed by atoms with Gasteiger partial charge >= 0.3 is 0 Å². The summed E-state index contributed by atoms with van der Waals surface area (Å²) < 4.78 is 54.9. The van der Waals surface area contributed by atoms with Crippen molar-refractivity contribution in [3.8, 4) is 5.75 Å². The Morgan fingerprint density at radius 2 is 0.875 bits per heavy atom. The van der Waals surface area contributed by atoms with Gasteiger partial charge in [0.25, 0.3) is 0 Å². The highest BCUT2D eigenvalue weighted by Crippen LogP contribution is 2.44. The summed E-state index contributed by atoms with van der Waals surface area (Å²) in [5, 5.41) is 0. The molecule has 7 aromatic rings. The monoisotopic (exact) mass is 854 g/mol. The van der Waals surface area contributed by atoms with Crippen LogP contribution in [-0.2, 0) is 58.6 Å². The van der Waals surface area contributed by atoms with E-state index in [1.807, 2.05) is 97.1 Å². The summed E-state index contributed by atoms with van der Waals surface area (Å²) in [7, 11) is 1.66. The molecule has 0 N–H and O–H groups in total. The van der Waals surface area contributed by atoms with Gasteiger partial charge in [0.05, 0.1) is 40.1 Å². The lowest BCUT2D eigenvalue weighted by atomic mass is 9.80. The largest absolute Gasteiger partial charge is 0.497 e. The van der Waals surface area contributed by atoms with E-state index < -0.39 is 48.5 Å². The minimum Gasteiger partial charge on any atom is -0.497 e. The van der Waals surface area contributed by atoms with Crippen LogP contribution in [0, 0.1) is 0 Å². The maximum absolute atomic E-state index is 7.48. The zero-order valence-corrected chi connectivity index (χ0v) is 36.0.